The number of aryl methyl sites for hydroxylation is 2. The first-order valence-electron chi connectivity index (χ1n) is 5.76. The van der Waals surface area contributed by atoms with Gasteiger partial charge in [0.2, 0.25) is 10.0 Å². The lowest BCUT2D eigenvalue weighted by Gasteiger charge is -2.04. The second-order valence-corrected chi connectivity index (χ2v) is 8.36. The highest BCUT2D eigenvalue weighted by Gasteiger charge is 2.18. The molecule has 0 atom stereocenters. The predicted octanol–water partition coefficient (Wildman–Crippen LogP) is 2.36. The Kier molecular flexibility index (Phi) is 4.42. The van der Waals surface area contributed by atoms with E-state index in [2.05, 4.69) is 4.72 Å². The van der Waals surface area contributed by atoms with Crippen LogP contribution in [0.1, 0.15) is 20.9 Å². The maximum Gasteiger partial charge on any atom is 0.250 e. The van der Waals surface area contributed by atoms with Crippen molar-refractivity contribution in [3.05, 3.63) is 38.4 Å². The van der Waals surface area contributed by atoms with Crippen molar-refractivity contribution in [1.29, 1.82) is 0 Å². The van der Waals surface area contributed by atoms with Gasteiger partial charge in [-0.3, -0.25) is 0 Å². The minimum atomic E-state index is -3.45. The van der Waals surface area contributed by atoms with Gasteiger partial charge in [-0.25, -0.2) is 13.1 Å². The van der Waals surface area contributed by atoms with Crippen molar-refractivity contribution < 1.29 is 8.42 Å². The third-order valence-electron chi connectivity index (χ3n) is 2.84. The van der Waals surface area contributed by atoms with E-state index in [1.165, 1.54) is 11.3 Å². The van der Waals surface area contributed by atoms with Crippen LogP contribution >= 0.6 is 22.7 Å². The molecular formula is C12H16N2O2S3. The first kappa shape index (κ1) is 14.7. The zero-order valence-corrected chi connectivity index (χ0v) is 13.2. The Labute approximate surface area is 121 Å². The normalized spacial score (nSPS) is 11.9. The van der Waals surface area contributed by atoms with E-state index in [1.807, 2.05) is 25.3 Å². The van der Waals surface area contributed by atoms with Gasteiger partial charge in [0.25, 0.3) is 0 Å². The summed E-state index contributed by atoms with van der Waals surface area (Å²) in [5, 5.41) is 1.96. The Morgan fingerprint density at radius 3 is 2.53 bits per heavy atom. The van der Waals surface area contributed by atoms with Gasteiger partial charge in [0.15, 0.2) is 0 Å². The van der Waals surface area contributed by atoms with Gasteiger partial charge in [-0.2, -0.15) is 0 Å². The maximum absolute atomic E-state index is 12.2. The molecule has 0 aromatic carbocycles. The van der Waals surface area contributed by atoms with Crippen LogP contribution in [0, 0.1) is 13.8 Å². The summed E-state index contributed by atoms with van der Waals surface area (Å²) in [6.45, 7) is 4.56. The second kappa shape index (κ2) is 5.72. The van der Waals surface area contributed by atoms with Gasteiger partial charge >= 0.3 is 0 Å². The van der Waals surface area contributed by atoms with Crippen LogP contribution in [0.4, 0.5) is 0 Å². The van der Waals surface area contributed by atoms with Crippen LogP contribution in [0.3, 0.4) is 0 Å². The molecule has 2 aromatic rings. The average Bonchev–Trinajstić information content (AvgIpc) is 2.93. The number of hydrogen-bond acceptors (Lipinski definition) is 5. The van der Waals surface area contributed by atoms with Crippen LogP contribution in [0.2, 0.25) is 0 Å². The predicted molar refractivity (Wildman–Crippen MR) is 80.0 cm³/mol. The van der Waals surface area contributed by atoms with E-state index in [9.17, 15) is 8.42 Å². The monoisotopic (exact) mass is 316 g/mol. The van der Waals surface area contributed by atoms with Gasteiger partial charge in [-0.1, -0.05) is 0 Å². The Bertz CT molecular complexity index is 671. The summed E-state index contributed by atoms with van der Waals surface area (Å²) in [5.74, 6) is 0. The summed E-state index contributed by atoms with van der Waals surface area (Å²) < 4.78 is 27.3. The van der Waals surface area contributed by atoms with Crippen LogP contribution in [0.25, 0.3) is 0 Å². The Morgan fingerprint density at radius 2 is 2.00 bits per heavy atom. The number of hydrogen-bond donors (Lipinski definition) is 2. The number of nitrogens with one attached hydrogen (secondary N) is 1. The van der Waals surface area contributed by atoms with E-state index in [0.29, 0.717) is 17.3 Å². The van der Waals surface area contributed by atoms with E-state index in [0.717, 1.165) is 20.9 Å². The van der Waals surface area contributed by atoms with Crippen LogP contribution in [-0.4, -0.2) is 8.42 Å². The highest BCUT2D eigenvalue weighted by molar-refractivity contribution is 7.91. The third kappa shape index (κ3) is 3.24. The quantitative estimate of drug-likeness (QED) is 0.889. The molecule has 2 aromatic heterocycles. The maximum atomic E-state index is 12.2. The third-order valence-corrected chi connectivity index (χ3v) is 7.00. The van der Waals surface area contributed by atoms with Gasteiger partial charge in [-0.05, 0) is 42.5 Å². The lowest BCUT2D eigenvalue weighted by Crippen LogP contribution is -2.22. The molecule has 3 N–H and O–H groups in total. The van der Waals surface area contributed by atoms with E-state index >= 15 is 0 Å². The van der Waals surface area contributed by atoms with E-state index in [-0.39, 0.29) is 0 Å². The molecule has 0 saturated carbocycles. The largest absolute Gasteiger partial charge is 0.326 e. The molecule has 2 heterocycles. The molecule has 0 aliphatic carbocycles. The minimum absolute atomic E-state index is 0.333. The summed E-state index contributed by atoms with van der Waals surface area (Å²) in [6, 6.07) is 3.66. The van der Waals surface area contributed by atoms with Gasteiger partial charge in [0, 0.05) is 22.8 Å². The lowest BCUT2D eigenvalue weighted by molar-refractivity contribution is 0.584. The summed E-state index contributed by atoms with van der Waals surface area (Å²) in [7, 11) is -3.45. The fourth-order valence-electron chi connectivity index (χ4n) is 1.64. The first-order chi connectivity index (χ1) is 8.94. The molecule has 2 rings (SSSR count). The first-order valence-corrected chi connectivity index (χ1v) is 8.94. The SMILES string of the molecule is Cc1ccsc1CNS(=O)(=O)c1cc(C)c(CN)s1. The molecule has 0 aliphatic rings. The van der Waals surface area contributed by atoms with Crippen LogP contribution in [0.5, 0.6) is 0 Å². The van der Waals surface area contributed by atoms with Gasteiger partial charge in [0.1, 0.15) is 4.21 Å². The van der Waals surface area contributed by atoms with E-state index < -0.39 is 10.0 Å². The summed E-state index contributed by atoms with van der Waals surface area (Å²) in [4.78, 5) is 1.95. The second-order valence-electron chi connectivity index (χ2n) is 4.23. The molecular weight excluding hydrogens is 300 g/mol. The fraction of sp³-hybridized carbons (Fsp3) is 0.333. The number of sulfonamides is 1. The van der Waals surface area contributed by atoms with Gasteiger partial charge in [0.05, 0.1) is 0 Å². The number of rotatable bonds is 5. The standard InChI is InChI=1S/C12H16N2O2S3/c1-8-3-4-17-11(8)7-14-19(15,16)12-5-9(2)10(6-13)18-12/h3-5,14H,6-7,13H2,1-2H3. The van der Waals surface area contributed by atoms with E-state index in [4.69, 9.17) is 5.73 Å². The molecule has 104 valence electrons. The van der Waals surface area contributed by atoms with Gasteiger partial charge < -0.3 is 5.73 Å². The number of nitrogens with two attached hydrogens (primary N) is 1. The Morgan fingerprint density at radius 1 is 1.26 bits per heavy atom. The Balaban J connectivity index is 2.16. The Hall–Kier alpha value is -0.730. The number of thiophene rings is 2. The zero-order chi connectivity index (χ0) is 14.0. The van der Waals surface area contributed by atoms with E-state index in [1.54, 1.807) is 17.4 Å². The van der Waals surface area contributed by atoms with Crippen molar-refractivity contribution in [1.82, 2.24) is 4.72 Å². The van der Waals surface area contributed by atoms with Crippen molar-refractivity contribution in [2.24, 2.45) is 5.73 Å². The van der Waals surface area contributed by atoms with Crippen molar-refractivity contribution in [3.8, 4) is 0 Å². The molecule has 7 heteroatoms. The molecule has 0 unspecified atom stereocenters. The lowest BCUT2D eigenvalue weighted by atomic mass is 10.3. The highest BCUT2D eigenvalue weighted by Crippen LogP contribution is 2.26. The van der Waals surface area contributed by atoms with Crippen molar-refractivity contribution in [2.75, 3.05) is 0 Å². The topological polar surface area (TPSA) is 72.2 Å². The summed E-state index contributed by atoms with van der Waals surface area (Å²) in [5.41, 5.74) is 7.61. The van der Waals surface area contributed by atoms with Crippen LogP contribution in [0.15, 0.2) is 21.7 Å². The van der Waals surface area contributed by atoms with Crippen molar-refractivity contribution in [2.45, 2.75) is 31.1 Å². The molecule has 0 saturated heterocycles. The molecule has 0 spiro atoms. The fourth-order valence-corrected chi connectivity index (χ4v) is 5.09. The molecule has 0 amide bonds. The average molecular weight is 316 g/mol. The summed E-state index contributed by atoms with van der Waals surface area (Å²) in [6.07, 6.45) is 0. The molecule has 0 fully saturated rings. The summed E-state index contributed by atoms with van der Waals surface area (Å²) >= 11 is 2.79. The van der Waals surface area contributed by atoms with Crippen molar-refractivity contribution in [3.63, 3.8) is 0 Å². The molecule has 0 radical (unpaired) electrons. The molecule has 19 heavy (non-hydrogen) atoms. The minimum Gasteiger partial charge on any atom is -0.326 e. The van der Waals surface area contributed by atoms with Gasteiger partial charge in [-0.15, -0.1) is 22.7 Å². The molecule has 0 aliphatic heterocycles. The molecule has 0 bridgehead atoms. The molecule has 4 nitrogen and oxygen atoms in total. The van der Waals surface area contributed by atoms with Crippen molar-refractivity contribution >= 4 is 32.7 Å². The zero-order valence-electron chi connectivity index (χ0n) is 10.8. The highest BCUT2D eigenvalue weighted by atomic mass is 32.2. The smallest absolute Gasteiger partial charge is 0.250 e. The van der Waals surface area contributed by atoms with Crippen LogP contribution < -0.4 is 10.5 Å². The van der Waals surface area contributed by atoms with Crippen LogP contribution in [-0.2, 0) is 23.1 Å².